The maximum Gasteiger partial charge on any atom is 0.0774 e. The molecule has 3 nitrogen and oxygen atoms in total. The molecule has 1 saturated carbocycles. The van der Waals surface area contributed by atoms with E-state index in [1.54, 1.807) is 0 Å². The number of rotatable bonds is 4. The third kappa shape index (κ3) is 3.94. The summed E-state index contributed by atoms with van der Waals surface area (Å²) in [5.41, 5.74) is -0.452. The molecule has 18 heavy (non-hydrogen) atoms. The van der Waals surface area contributed by atoms with Crippen molar-refractivity contribution in [3.63, 3.8) is 0 Å². The molecule has 106 valence electrons. The van der Waals surface area contributed by atoms with E-state index in [1.807, 2.05) is 6.92 Å². The zero-order valence-corrected chi connectivity index (χ0v) is 11.8. The Bertz CT molecular complexity index is 249. The molecular weight excluding hydrogens is 226 g/mol. The van der Waals surface area contributed by atoms with Gasteiger partial charge in [0.15, 0.2) is 0 Å². The van der Waals surface area contributed by atoms with E-state index in [0.29, 0.717) is 6.04 Å². The van der Waals surface area contributed by atoms with Gasteiger partial charge in [-0.15, -0.1) is 0 Å². The summed E-state index contributed by atoms with van der Waals surface area (Å²) in [6.07, 6.45) is 9.87. The van der Waals surface area contributed by atoms with Crippen LogP contribution in [0.2, 0.25) is 0 Å². The molecule has 2 aliphatic rings. The van der Waals surface area contributed by atoms with Gasteiger partial charge in [-0.25, -0.2) is 0 Å². The summed E-state index contributed by atoms with van der Waals surface area (Å²) in [5.74, 6) is 0. The van der Waals surface area contributed by atoms with Crippen LogP contribution in [0, 0.1) is 0 Å². The molecule has 2 atom stereocenters. The van der Waals surface area contributed by atoms with Gasteiger partial charge in [0.05, 0.1) is 11.7 Å². The first kappa shape index (κ1) is 14.3. The van der Waals surface area contributed by atoms with Gasteiger partial charge in [-0.2, -0.15) is 0 Å². The van der Waals surface area contributed by atoms with Crippen molar-refractivity contribution in [3.8, 4) is 0 Å². The predicted octanol–water partition coefficient (Wildman–Crippen LogP) is 2.31. The molecule has 1 saturated heterocycles. The van der Waals surface area contributed by atoms with Gasteiger partial charge in [0.1, 0.15) is 0 Å². The minimum absolute atomic E-state index is 0.225. The molecule has 1 aliphatic heterocycles. The van der Waals surface area contributed by atoms with Crippen LogP contribution in [-0.4, -0.2) is 45.9 Å². The lowest BCUT2D eigenvalue weighted by Gasteiger charge is -2.43. The zero-order chi connectivity index (χ0) is 13.0. The van der Waals surface area contributed by atoms with Crippen molar-refractivity contribution < 1.29 is 10.2 Å². The highest BCUT2D eigenvalue weighted by Gasteiger charge is 2.34. The summed E-state index contributed by atoms with van der Waals surface area (Å²) in [4.78, 5) is 2.45. The SMILES string of the molecule is CC(O)CC1CCCCN1CC1(O)CCCCC1. The van der Waals surface area contributed by atoms with Crippen molar-refractivity contribution in [1.82, 2.24) is 4.90 Å². The summed E-state index contributed by atoms with van der Waals surface area (Å²) in [7, 11) is 0. The molecule has 1 aliphatic carbocycles. The van der Waals surface area contributed by atoms with Gasteiger partial charge in [-0.05, 0) is 45.6 Å². The number of piperidine rings is 1. The van der Waals surface area contributed by atoms with E-state index in [0.717, 1.165) is 32.4 Å². The van der Waals surface area contributed by atoms with Crippen LogP contribution in [-0.2, 0) is 0 Å². The van der Waals surface area contributed by atoms with Crippen LogP contribution in [0.3, 0.4) is 0 Å². The Morgan fingerprint density at radius 1 is 1.17 bits per heavy atom. The summed E-state index contributed by atoms with van der Waals surface area (Å²) >= 11 is 0. The Morgan fingerprint density at radius 3 is 2.56 bits per heavy atom. The van der Waals surface area contributed by atoms with Crippen LogP contribution in [0.1, 0.15) is 64.7 Å². The Labute approximate surface area is 111 Å². The number of hydrogen-bond donors (Lipinski definition) is 2. The standard InChI is InChI=1S/C15H29NO2/c1-13(17)11-14-7-3-6-10-16(14)12-15(18)8-4-2-5-9-15/h13-14,17-18H,2-12H2,1H3. The smallest absolute Gasteiger partial charge is 0.0774 e. The molecule has 0 spiro atoms. The Hall–Kier alpha value is -0.120. The molecule has 1 heterocycles. The Morgan fingerprint density at radius 2 is 1.89 bits per heavy atom. The van der Waals surface area contributed by atoms with Gasteiger partial charge in [0.25, 0.3) is 0 Å². The number of nitrogens with zero attached hydrogens (tertiary/aromatic N) is 1. The second-order valence-electron chi connectivity index (χ2n) is 6.49. The van der Waals surface area contributed by atoms with Gasteiger partial charge < -0.3 is 10.2 Å². The number of β-amino-alcohol motifs (C(OH)–C–C–N with tert-alkyl or cyclic N) is 1. The molecule has 0 aromatic rings. The average Bonchev–Trinajstić information content (AvgIpc) is 2.32. The topological polar surface area (TPSA) is 43.7 Å². The Kier molecular flexibility index (Phi) is 5.05. The molecule has 2 fully saturated rings. The first-order chi connectivity index (χ1) is 8.59. The van der Waals surface area contributed by atoms with Gasteiger partial charge in [-0.1, -0.05) is 25.7 Å². The molecule has 2 unspecified atom stereocenters. The highest BCUT2D eigenvalue weighted by Crippen LogP contribution is 2.31. The highest BCUT2D eigenvalue weighted by atomic mass is 16.3. The molecule has 3 heteroatoms. The van der Waals surface area contributed by atoms with E-state index in [1.165, 1.54) is 38.5 Å². The molecular formula is C15H29NO2. The van der Waals surface area contributed by atoms with Crippen molar-refractivity contribution in [3.05, 3.63) is 0 Å². The summed E-state index contributed by atoms with van der Waals surface area (Å²) in [6, 6.07) is 0.477. The van der Waals surface area contributed by atoms with Crippen molar-refractivity contribution in [2.45, 2.75) is 82.5 Å². The summed E-state index contributed by atoms with van der Waals surface area (Å²) in [5, 5.41) is 20.3. The monoisotopic (exact) mass is 255 g/mol. The average molecular weight is 255 g/mol. The van der Waals surface area contributed by atoms with Gasteiger partial charge in [0, 0.05) is 12.6 Å². The summed E-state index contributed by atoms with van der Waals surface area (Å²) < 4.78 is 0. The lowest BCUT2D eigenvalue weighted by atomic mass is 9.83. The van der Waals surface area contributed by atoms with Crippen molar-refractivity contribution in [1.29, 1.82) is 0 Å². The third-order valence-corrected chi connectivity index (χ3v) is 4.64. The molecule has 0 amide bonds. The fourth-order valence-electron chi connectivity index (χ4n) is 3.67. The fourth-order valence-corrected chi connectivity index (χ4v) is 3.67. The lowest BCUT2D eigenvalue weighted by molar-refractivity contribution is -0.0470. The largest absolute Gasteiger partial charge is 0.393 e. The second-order valence-corrected chi connectivity index (χ2v) is 6.49. The maximum absolute atomic E-state index is 10.7. The number of aliphatic hydroxyl groups is 2. The quantitative estimate of drug-likeness (QED) is 0.810. The third-order valence-electron chi connectivity index (χ3n) is 4.64. The van der Waals surface area contributed by atoms with Crippen LogP contribution in [0.4, 0.5) is 0 Å². The van der Waals surface area contributed by atoms with Gasteiger partial charge in [0.2, 0.25) is 0 Å². The first-order valence-electron chi connectivity index (χ1n) is 7.74. The van der Waals surface area contributed by atoms with Crippen LogP contribution in [0.25, 0.3) is 0 Å². The predicted molar refractivity (Wildman–Crippen MR) is 73.5 cm³/mol. The number of aliphatic hydroxyl groups excluding tert-OH is 1. The van der Waals surface area contributed by atoms with Crippen molar-refractivity contribution in [2.24, 2.45) is 0 Å². The molecule has 2 rings (SSSR count). The molecule has 0 bridgehead atoms. The van der Waals surface area contributed by atoms with Crippen molar-refractivity contribution >= 4 is 0 Å². The van der Waals surface area contributed by atoms with E-state index in [9.17, 15) is 10.2 Å². The van der Waals surface area contributed by atoms with Crippen LogP contribution in [0.5, 0.6) is 0 Å². The van der Waals surface area contributed by atoms with Gasteiger partial charge in [-0.3, -0.25) is 4.90 Å². The van der Waals surface area contributed by atoms with E-state index < -0.39 is 5.60 Å². The van der Waals surface area contributed by atoms with Gasteiger partial charge >= 0.3 is 0 Å². The normalized spacial score (nSPS) is 31.2. The zero-order valence-electron chi connectivity index (χ0n) is 11.8. The van der Waals surface area contributed by atoms with Crippen LogP contribution in [0.15, 0.2) is 0 Å². The van der Waals surface area contributed by atoms with E-state index in [-0.39, 0.29) is 6.10 Å². The minimum atomic E-state index is -0.452. The maximum atomic E-state index is 10.7. The van der Waals surface area contributed by atoms with Crippen LogP contribution < -0.4 is 0 Å². The van der Waals surface area contributed by atoms with Crippen molar-refractivity contribution in [2.75, 3.05) is 13.1 Å². The highest BCUT2D eigenvalue weighted by molar-refractivity contribution is 4.89. The van der Waals surface area contributed by atoms with E-state index >= 15 is 0 Å². The molecule has 0 aromatic carbocycles. The fraction of sp³-hybridized carbons (Fsp3) is 1.00. The van der Waals surface area contributed by atoms with E-state index in [4.69, 9.17) is 0 Å². The number of likely N-dealkylation sites (tertiary alicyclic amines) is 1. The minimum Gasteiger partial charge on any atom is -0.393 e. The summed E-state index contributed by atoms with van der Waals surface area (Å²) in [6.45, 7) is 3.80. The van der Waals surface area contributed by atoms with E-state index in [2.05, 4.69) is 4.90 Å². The van der Waals surface area contributed by atoms with Crippen LogP contribution >= 0.6 is 0 Å². The lowest BCUT2D eigenvalue weighted by Crippen LogP contribution is -2.50. The number of hydrogen-bond acceptors (Lipinski definition) is 3. The molecule has 0 radical (unpaired) electrons. The molecule has 2 N–H and O–H groups in total. The second kappa shape index (κ2) is 6.36. The Balaban J connectivity index is 1.91. The first-order valence-corrected chi connectivity index (χ1v) is 7.74. The molecule has 0 aromatic heterocycles.